The van der Waals surface area contributed by atoms with Gasteiger partial charge in [-0.2, -0.15) is 0 Å². The van der Waals surface area contributed by atoms with E-state index in [0.717, 1.165) is 17.7 Å². The van der Waals surface area contributed by atoms with E-state index in [1.165, 1.54) is 11.6 Å². The Morgan fingerprint density at radius 3 is 2.71 bits per heavy atom. The molecule has 6 nitrogen and oxygen atoms in total. The third-order valence-corrected chi connectivity index (χ3v) is 6.47. The highest BCUT2D eigenvalue weighted by molar-refractivity contribution is 7.89. The van der Waals surface area contributed by atoms with E-state index in [1.807, 2.05) is 19.1 Å². The number of fused-ring (bicyclic) bond motifs is 1. The van der Waals surface area contributed by atoms with Crippen LogP contribution in [0.15, 0.2) is 41.3 Å². The maximum absolute atomic E-state index is 12.8. The van der Waals surface area contributed by atoms with Crippen molar-refractivity contribution in [2.75, 3.05) is 11.9 Å². The van der Waals surface area contributed by atoms with E-state index >= 15 is 0 Å². The van der Waals surface area contributed by atoms with Gasteiger partial charge in [0.1, 0.15) is 5.75 Å². The summed E-state index contributed by atoms with van der Waals surface area (Å²) in [5.41, 5.74) is 3.43. The summed E-state index contributed by atoms with van der Waals surface area (Å²) < 4.78 is 33.9. The van der Waals surface area contributed by atoms with Gasteiger partial charge in [-0.1, -0.05) is 19.1 Å². The summed E-state index contributed by atoms with van der Waals surface area (Å²) in [6.07, 6.45) is 1.85. The van der Waals surface area contributed by atoms with Crippen LogP contribution in [0, 0.1) is 6.92 Å². The van der Waals surface area contributed by atoms with Crippen molar-refractivity contribution in [3.05, 3.63) is 53.1 Å². The maximum atomic E-state index is 12.8. The molecule has 0 radical (unpaired) electrons. The topological polar surface area (TPSA) is 84.5 Å². The number of anilines is 1. The van der Waals surface area contributed by atoms with E-state index in [9.17, 15) is 13.2 Å². The highest BCUT2D eigenvalue weighted by Crippen LogP contribution is 2.26. The van der Waals surface area contributed by atoms with Crippen molar-refractivity contribution in [1.29, 1.82) is 0 Å². The third-order valence-electron chi connectivity index (χ3n) is 4.72. The number of hydrogen-bond acceptors (Lipinski definition) is 4. The number of amides is 1. The molecule has 1 atom stereocenters. The zero-order valence-electron chi connectivity index (χ0n) is 16.4. The second-order valence-electron chi connectivity index (χ2n) is 7.15. The van der Waals surface area contributed by atoms with Crippen LogP contribution in [0.4, 0.5) is 5.69 Å². The fourth-order valence-corrected chi connectivity index (χ4v) is 4.84. The molecule has 0 spiro atoms. The first-order chi connectivity index (χ1) is 13.3. The SMILES string of the molecule is CCC(=O)Nc1ccc(S(=O)(=O)NC(C)Cc2ccc3c(c2)CCO3)c(C)c1. The van der Waals surface area contributed by atoms with Crippen LogP contribution in [0.1, 0.15) is 37.0 Å². The molecule has 0 aliphatic carbocycles. The Labute approximate surface area is 166 Å². The summed E-state index contributed by atoms with van der Waals surface area (Å²) in [6, 6.07) is 10.6. The van der Waals surface area contributed by atoms with E-state index in [0.29, 0.717) is 30.7 Å². The van der Waals surface area contributed by atoms with Crippen LogP contribution in [0.3, 0.4) is 0 Å². The molecule has 2 aromatic rings. The van der Waals surface area contributed by atoms with Crippen LogP contribution in [-0.4, -0.2) is 27.0 Å². The number of benzene rings is 2. The van der Waals surface area contributed by atoms with Crippen LogP contribution >= 0.6 is 0 Å². The minimum absolute atomic E-state index is 0.110. The number of carbonyl (C=O) groups is 1. The first-order valence-corrected chi connectivity index (χ1v) is 10.9. The molecular weight excluding hydrogens is 376 g/mol. The van der Waals surface area contributed by atoms with Gasteiger partial charge in [0, 0.05) is 24.6 Å². The van der Waals surface area contributed by atoms with Gasteiger partial charge in [0.05, 0.1) is 11.5 Å². The molecule has 3 rings (SSSR count). The Hall–Kier alpha value is -2.38. The van der Waals surface area contributed by atoms with Gasteiger partial charge >= 0.3 is 0 Å². The number of sulfonamides is 1. The number of hydrogen-bond donors (Lipinski definition) is 2. The monoisotopic (exact) mass is 402 g/mol. The van der Waals surface area contributed by atoms with Gasteiger partial charge in [-0.25, -0.2) is 13.1 Å². The Morgan fingerprint density at radius 2 is 2.00 bits per heavy atom. The lowest BCUT2D eigenvalue weighted by atomic mass is 10.0. The highest BCUT2D eigenvalue weighted by Gasteiger charge is 2.21. The minimum atomic E-state index is -3.66. The molecule has 0 bridgehead atoms. The van der Waals surface area contributed by atoms with Crippen molar-refractivity contribution < 1.29 is 17.9 Å². The molecule has 2 N–H and O–H groups in total. The summed E-state index contributed by atoms with van der Waals surface area (Å²) in [5.74, 6) is 0.810. The average molecular weight is 403 g/mol. The van der Waals surface area contributed by atoms with Crippen molar-refractivity contribution in [3.63, 3.8) is 0 Å². The molecule has 0 saturated heterocycles. The first kappa shape index (κ1) is 20.4. The molecule has 150 valence electrons. The summed E-state index contributed by atoms with van der Waals surface area (Å²) in [5, 5.41) is 2.74. The smallest absolute Gasteiger partial charge is 0.241 e. The van der Waals surface area contributed by atoms with Gasteiger partial charge in [0.2, 0.25) is 15.9 Å². The zero-order valence-corrected chi connectivity index (χ0v) is 17.2. The number of carbonyl (C=O) groups excluding carboxylic acids is 1. The number of ether oxygens (including phenoxy) is 1. The number of nitrogens with one attached hydrogen (secondary N) is 2. The zero-order chi connectivity index (χ0) is 20.3. The molecule has 0 aromatic heterocycles. The van der Waals surface area contributed by atoms with Crippen molar-refractivity contribution in [2.24, 2.45) is 0 Å². The number of rotatable bonds is 7. The molecule has 28 heavy (non-hydrogen) atoms. The third kappa shape index (κ3) is 4.72. The molecule has 1 amide bonds. The van der Waals surface area contributed by atoms with Crippen molar-refractivity contribution >= 4 is 21.6 Å². The van der Waals surface area contributed by atoms with Gasteiger partial charge in [-0.15, -0.1) is 0 Å². The predicted molar refractivity (Wildman–Crippen MR) is 109 cm³/mol. The first-order valence-electron chi connectivity index (χ1n) is 9.46. The quantitative estimate of drug-likeness (QED) is 0.745. The lowest BCUT2D eigenvalue weighted by Gasteiger charge is -2.16. The summed E-state index contributed by atoms with van der Waals surface area (Å²) >= 11 is 0. The molecule has 1 unspecified atom stereocenters. The van der Waals surface area contributed by atoms with Crippen LogP contribution in [0.5, 0.6) is 5.75 Å². The fraction of sp³-hybridized carbons (Fsp3) is 0.381. The molecule has 7 heteroatoms. The average Bonchev–Trinajstić information content (AvgIpc) is 3.08. The lowest BCUT2D eigenvalue weighted by molar-refractivity contribution is -0.115. The maximum Gasteiger partial charge on any atom is 0.241 e. The second-order valence-corrected chi connectivity index (χ2v) is 8.83. The fourth-order valence-electron chi connectivity index (χ4n) is 3.37. The lowest BCUT2D eigenvalue weighted by Crippen LogP contribution is -2.34. The molecule has 1 heterocycles. The van der Waals surface area contributed by atoms with Crippen LogP contribution in [0.25, 0.3) is 0 Å². The standard InChI is InChI=1S/C21H26N2O4S/c1-4-21(24)22-18-6-8-20(14(2)11-18)28(25,26)23-15(3)12-16-5-7-19-17(13-16)9-10-27-19/h5-8,11,13,15,23H,4,9-10,12H2,1-3H3,(H,22,24). The largest absolute Gasteiger partial charge is 0.493 e. The van der Waals surface area contributed by atoms with Crippen molar-refractivity contribution in [3.8, 4) is 5.75 Å². The second kappa shape index (κ2) is 8.32. The van der Waals surface area contributed by atoms with Crippen LogP contribution < -0.4 is 14.8 Å². The van der Waals surface area contributed by atoms with Gasteiger partial charge in [-0.05, 0) is 61.2 Å². The van der Waals surface area contributed by atoms with E-state index in [2.05, 4.69) is 16.1 Å². The predicted octanol–water partition coefficient (Wildman–Crippen LogP) is 3.19. The summed E-state index contributed by atoms with van der Waals surface area (Å²) in [4.78, 5) is 11.7. The molecule has 1 aliphatic rings. The Balaban J connectivity index is 1.69. The van der Waals surface area contributed by atoms with Crippen LogP contribution in [0.2, 0.25) is 0 Å². The van der Waals surface area contributed by atoms with Gasteiger partial charge in [0.25, 0.3) is 0 Å². The van der Waals surface area contributed by atoms with E-state index in [4.69, 9.17) is 4.74 Å². The molecule has 2 aromatic carbocycles. The van der Waals surface area contributed by atoms with Gasteiger partial charge < -0.3 is 10.1 Å². The van der Waals surface area contributed by atoms with Gasteiger partial charge in [0.15, 0.2) is 0 Å². The minimum Gasteiger partial charge on any atom is -0.493 e. The van der Waals surface area contributed by atoms with Crippen LogP contribution in [-0.2, 0) is 27.7 Å². The Bertz CT molecular complexity index is 986. The molecule has 0 fully saturated rings. The normalized spacial score (nSPS) is 14.2. The molecule has 1 aliphatic heterocycles. The van der Waals surface area contributed by atoms with Crippen molar-refractivity contribution in [1.82, 2.24) is 4.72 Å². The van der Waals surface area contributed by atoms with Gasteiger partial charge in [-0.3, -0.25) is 4.79 Å². The van der Waals surface area contributed by atoms with E-state index in [-0.39, 0.29) is 16.8 Å². The Morgan fingerprint density at radius 1 is 1.21 bits per heavy atom. The highest BCUT2D eigenvalue weighted by atomic mass is 32.2. The van der Waals surface area contributed by atoms with E-state index < -0.39 is 10.0 Å². The Kier molecular flexibility index (Phi) is 6.05. The summed E-state index contributed by atoms with van der Waals surface area (Å²) in [7, 11) is -3.66. The summed E-state index contributed by atoms with van der Waals surface area (Å²) in [6.45, 7) is 6.04. The van der Waals surface area contributed by atoms with E-state index in [1.54, 1.807) is 26.0 Å². The molecular formula is C21H26N2O4S. The number of aryl methyl sites for hydroxylation is 1. The molecule has 0 saturated carbocycles. The van der Waals surface area contributed by atoms with Crippen molar-refractivity contribution in [2.45, 2.75) is 51.0 Å².